The zero-order valence-electron chi connectivity index (χ0n) is 20.0. The van der Waals surface area contributed by atoms with Crippen LogP contribution in [-0.4, -0.2) is 11.8 Å². The molecule has 0 fully saturated rings. The first-order valence-electron chi connectivity index (χ1n) is 11.3. The summed E-state index contributed by atoms with van der Waals surface area (Å²) in [5.41, 5.74) is 10.7. The third kappa shape index (κ3) is 7.16. The maximum atomic E-state index is 12.8. The summed E-state index contributed by atoms with van der Waals surface area (Å²) < 4.78 is 0. The van der Waals surface area contributed by atoms with Gasteiger partial charge in [0.1, 0.15) is 0 Å². The third-order valence-corrected chi connectivity index (χ3v) is 6.62. The number of allylic oxidation sites excluding steroid dienone is 1. The monoisotopic (exact) mass is 462 g/mol. The van der Waals surface area contributed by atoms with Crippen molar-refractivity contribution in [3.63, 3.8) is 0 Å². The van der Waals surface area contributed by atoms with Gasteiger partial charge in [-0.15, -0.1) is 17.9 Å². The Morgan fingerprint density at radius 2 is 1.76 bits per heavy atom. The van der Waals surface area contributed by atoms with Crippen molar-refractivity contribution in [1.82, 2.24) is 0 Å². The lowest BCUT2D eigenvalue weighted by Crippen LogP contribution is -2.24. The van der Waals surface area contributed by atoms with Crippen molar-refractivity contribution in [2.45, 2.75) is 47.0 Å². The van der Waals surface area contributed by atoms with Gasteiger partial charge in [0.25, 0.3) is 0 Å². The zero-order chi connectivity index (χ0) is 24.4. The number of rotatable bonds is 8. The van der Waals surface area contributed by atoms with E-state index in [4.69, 9.17) is 5.73 Å². The Labute approximate surface area is 201 Å². The minimum atomic E-state index is -0.504. The van der Waals surface area contributed by atoms with Gasteiger partial charge in [-0.3, -0.25) is 9.59 Å². The SMILES string of the molecule is C=CCC.CCC(Cc1ccccc1)C(=O)Nc1ccc(-c2csc(C)c2C)c(C(N)=O)c1. The van der Waals surface area contributed by atoms with Crippen LogP contribution in [0.1, 0.15) is 53.1 Å². The first kappa shape index (κ1) is 26.1. The van der Waals surface area contributed by atoms with Crippen molar-refractivity contribution in [2.24, 2.45) is 11.7 Å². The lowest BCUT2D eigenvalue weighted by molar-refractivity contribution is -0.119. The molecule has 1 unspecified atom stereocenters. The fraction of sp³-hybridized carbons (Fsp3) is 0.286. The standard InChI is InChI=1S/C24H26N2O2S.C4H8/c1-4-18(12-17-8-6-5-7-9-17)24(28)26-19-10-11-20(21(13-19)23(25)27)22-14-29-16(3)15(22)2;1-3-4-2/h5-11,13-14,18H,4,12H2,1-3H3,(H2,25,27)(H,26,28);3H,1,4H2,2H3. The predicted octanol–water partition coefficient (Wildman–Crippen LogP) is 6.92. The topological polar surface area (TPSA) is 72.2 Å². The Balaban J connectivity index is 0.000000890. The minimum absolute atomic E-state index is 0.0536. The van der Waals surface area contributed by atoms with Gasteiger partial charge < -0.3 is 11.1 Å². The molecule has 3 rings (SSSR count). The molecule has 0 aliphatic heterocycles. The summed E-state index contributed by atoms with van der Waals surface area (Å²) in [6.45, 7) is 11.6. The Bertz CT molecular complexity index is 1090. The molecule has 2 aromatic carbocycles. The summed E-state index contributed by atoms with van der Waals surface area (Å²) in [7, 11) is 0. The number of carbonyl (C=O) groups excluding carboxylic acids is 2. The maximum absolute atomic E-state index is 12.8. The second kappa shape index (κ2) is 12.8. The molecule has 1 aromatic heterocycles. The quantitative estimate of drug-likeness (QED) is 0.357. The van der Waals surface area contributed by atoms with Crippen LogP contribution in [-0.2, 0) is 11.2 Å². The van der Waals surface area contributed by atoms with E-state index in [0.717, 1.165) is 35.1 Å². The maximum Gasteiger partial charge on any atom is 0.249 e. The molecule has 1 atom stereocenters. The number of hydrogen-bond donors (Lipinski definition) is 2. The van der Waals surface area contributed by atoms with Crippen LogP contribution < -0.4 is 11.1 Å². The highest BCUT2D eigenvalue weighted by Crippen LogP contribution is 2.34. The van der Waals surface area contributed by atoms with Crippen molar-refractivity contribution in [3.8, 4) is 11.1 Å². The number of benzene rings is 2. The Kier molecular flexibility index (Phi) is 10.1. The van der Waals surface area contributed by atoms with Crippen LogP contribution in [0.3, 0.4) is 0 Å². The molecular weight excluding hydrogens is 428 g/mol. The molecule has 33 heavy (non-hydrogen) atoms. The van der Waals surface area contributed by atoms with Crippen LogP contribution in [0.25, 0.3) is 11.1 Å². The normalized spacial score (nSPS) is 11.2. The van der Waals surface area contributed by atoms with Gasteiger partial charge in [-0.05, 0) is 72.9 Å². The van der Waals surface area contributed by atoms with Crippen LogP contribution in [0.15, 0.2) is 66.6 Å². The number of aryl methyl sites for hydroxylation is 1. The van der Waals surface area contributed by atoms with E-state index in [1.807, 2.05) is 67.8 Å². The molecule has 174 valence electrons. The Morgan fingerprint density at radius 1 is 1.09 bits per heavy atom. The first-order valence-corrected chi connectivity index (χ1v) is 12.1. The van der Waals surface area contributed by atoms with E-state index in [2.05, 4.69) is 25.7 Å². The van der Waals surface area contributed by atoms with E-state index >= 15 is 0 Å². The Morgan fingerprint density at radius 3 is 2.27 bits per heavy atom. The second-order valence-corrected chi connectivity index (χ2v) is 9.02. The number of hydrogen-bond acceptors (Lipinski definition) is 3. The van der Waals surface area contributed by atoms with Crippen molar-refractivity contribution >= 4 is 28.8 Å². The summed E-state index contributed by atoms with van der Waals surface area (Å²) in [5, 5.41) is 5.00. The predicted molar refractivity (Wildman–Crippen MR) is 141 cm³/mol. The minimum Gasteiger partial charge on any atom is -0.366 e. The van der Waals surface area contributed by atoms with E-state index in [1.54, 1.807) is 17.4 Å². The lowest BCUT2D eigenvalue weighted by atomic mass is 9.95. The number of anilines is 1. The number of thiophene rings is 1. The number of nitrogens with two attached hydrogens (primary N) is 1. The van der Waals surface area contributed by atoms with Gasteiger partial charge in [0.15, 0.2) is 0 Å². The average molecular weight is 463 g/mol. The average Bonchev–Trinajstić information content (AvgIpc) is 3.16. The summed E-state index contributed by atoms with van der Waals surface area (Å²) in [6.07, 6.45) is 4.37. The zero-order valence-corrected chi connectivity index (χ0v) is 20.8. The summed E-state index contributed by atoms with van der Waals surface area (Å²) >= 11 is 1.65. The largest absolute Gasteiger partial charge is 0.366 e. The fourth-order valence-electron chi connectivity index (χ4n) is 3.41. The van der Waals surface area contributed by atoms with E-state index in [0.29, 0.717) is 17.7 Å². The molecule has 0 radical (unpaired) electrons. The van der Waals surface area contributed by atoms with Crippen molar-refractivity contribution in [2.75, 3.05) is 5.32 Å². The molecule has 2 amide bonds. The molecule has 0 aliphatic carbocycles. The van der Waals surface area contributed by atoms with Crippen LogP contribution in [0.2, 0.25) is 0 Å². The second-order valence-electron chi connectivity index (χ2n) is 7.94. The van der Waals surface area contributed by atoms with E-state index < -0.39 is 5.91 Å². The highest BCUT2D eigenvalue weighted by Gasteiger charge is 2.19. The molecule has 0 spiro atoms. The molecule has 0 bridgehead atoms. The smallest absolute Gasteiger partial charge is 0.249 e. The molecule has 1 heterocycles. The molecular formula is C28H34N2O2S. The molecule has 0 saturated carbocycles. The summed E-state index contributed by atoms with van der Waals surface area (Å²) in [6, 6.07) is 15.4. The number of nitrogens with one attached hydrogen (secondary N) is 1. The first-order chi connectivity index (χ1) is 15.8. The number of carbonyl (C=O) groups is 2. The lowest BCUT2D eigenvalue weighted by Gasteiger charge is -2.16. The molecule has 3 N–H and O–H groups in total. The van der Waals surface area contributed by atoms with Gasteiger partial charge in [-0.1, -0.05) is 56.3 Å². The Hall–Kier alpha value is -3.18. The van der Waals surface area contributed by atoms with Crippen LogP contribution in [0.4, 0.5) is 5.69 Å². The van der Waals surface area contributed by atoms with Crippen molar-refractivity contribution < 1.29 is 9.59 Å². The fourth-order valence-corrected chi connectivity index (χ4v) is 4.29. The third-order valence-electron chi connectivity index (χ3n) is 5.61. The molecule has 0 saturated heterocycles. The van der Waals surface area contributed by atoms with Gasteiger partial charge in [0.2, 0.25) is 11.8 Å². The molecule has 4 nitrogen and oxygen atoms in total. The molecule has 0 aliphatic rings. The summed E-state index contributed by atoms with van der Waals surface area (Å²) in [4.78, 5) is 26.1. The van der Waals surface area contributed by atoms with Crippen molar-refractivity contribution in [3.05, 3.63) is 88.1 Å². The molecule has 5 heteroatoms. The van der Waals surface area contributed by atoms with Gasteiger partial charge >= 0.3 is 0 Å². The van der Waals surface area contributed by atoms with Gasteiger partial charge in [0, 0.05) is 22.0 Å². The van der Waals surface area contributed by atoms with Crippen LogP contribution in [0, 0.1) is 19.8 Å². The summed E-state index contributed by atoms with van der Waals surface area (Å²) in [5.74, 6) is -0.700. The van der Waals surface area contributed by atoms with Crippen molar-refractivity contribution in [1.29, 1.82) is 0 Å². The number of primary amides is 1. The van der Waals surface area contributed by atoms with E-state index in [9.17, 15) is 9.59 Å². The molecule has 3 aromatic rings. The van der Waals surface area contributed by atoms with E-state index in [1.165, 1.54) is 4.88 Å². The highest BCUT2D eigenvalue weighted by atomic mass is 32.1. The van der Waals surface area contributed by atoms with E-state index in [-0.39, 0.29) is 11.8 Å². The number of amides is 2. The highest BCUT2D eigenvalue weighted by molar-refractivity contribution is 7.10. The van der Waals surface area contributed by atoms with Crippen LogP contribution in [0.5, 0.6) is 0 Å². The van der Waals surface area contributed by atoms with Crippen LogP contribution >= 0.6 is 11.3 Å². The van der Waals surface area contributed by atoms with Gasteiger partial charge in [-0.25, -0.2) is 0 Å². The van der Waals surface area contributed by atoms with Gasteiger partial charge in [0.05, 0.1) is 0 Å². The van der Waals surface area contributed by atoms with Gasteiger partial charge in [-0.2, -0.15) is 0 Å².